The molecule has 0 heterocycles. The molecule has 3 rings (SSSR count). The predicted molar refractivity (Wildman–Crippen MR) is 96.3 cm³/mol. The van der Waals surface area contributed by atoms with Crippen molar-refractivity contribution in [2.24, 2.45) is 10.2 Å². The summed E-state index contributed by atoms with van der Waals surface area (Å²) in [6.45, 7) is 2.05. The molecule has 0 aliphatic carbocycles. The van der Waals surface area contributed by atoms with Crippen LogP contribution in [-0.4, -0.2) is 5.78 Å². The van der Waals surface area contributed by atoms with E-state index < -0.39 is 0 Å². The fourth-order valence-corrected chi connectivity index (χ4v) is 2.55. The van der Waals surface area contributed by atoms with E-state index in [0.717, 1.165) is 23.2 Å². The largest absolute Gasteiger partial charge is 0.289 e. The third kappa shape index (κ3) is 3.46. The van der Waals surface area contributed by atoms with Crippen molar-refractivity contribution >= 4 is 17.2 Å². The number of azo groups is 1. The van der Waals surface area contributed by atoms with Crippen LogP contribution in [0.3, 0.4) is 0 Å². The zero-order chi connectivity index (χ0) is 16.8. The monoisotopic (exact) mass is 314 g/mol. The number of benzene rings is 3. The Morgan fingerprint density at radius 2 is 1.38 bits per heavy atom. The Morgan fingerprint density at radius 1 is 0.750 bits per heavy atom. The molecule has 3 nitrogen and oxygen atoms in total. The Morgan fingerprint density at radius 3 is 2.12 bits per heavy atom. The average molecular weight is 314 g/mol. The van der Waals surface area contributed by atoms with Crippen LogP contribution in [0.4, 0.5) is 11.4 Å². The summed E-state index contributed by atoms with van der Waals surface area (Å²) >= 11 is 0. The molecule has 0 fully saturated rings. The van der Waals surface area contributed by atoms with Gasteiger partial charge >= 0.3 is 0 Å². The van der Waals surface area contributed by atoms with Gasteiger partial charge in [0.2, 0.25) is 0 Å². The van der Waals surface area contributed by atoms with Crippen molar-refractivity contribution in [1.29, 1.82) is 0 Å². The SMILES string of the molecule is CCc1ccccc1C(=O)c1ccccc1N=Nc1ccccc1. The van der Waals surface area contributed by atoms with Gasteiger partial charge in [-0.25, -0.2) is 0 Å². The second-order valence-corrected chi connectivity index (χ2v) is 5.39. The van der Waals surface area contributed by atoms with Crippen molar-refractivity contribution in [3.8, 4) is 0 Å². The van der Waals surface area contributed by atoms with E-state index in [2.05, 4.69) is 10.2 Å². The van der Waals surface area contributed by atoms with E-state index in [-0.39, 0.29) is 5.78 Å². The molecule has 3 aromatic carbocycles. The molecular formula is C21H18N2O. The molecule has 118 valence electrons. The molecule has 3 aromatic rings. The van der Waals surface area contributed by atoms with Crippen LogP contribution in [0.25, 0.3) is 0 Å². The van der Waals surface area contributed by atoms with Gasteiger partial charge in [0.25, 0.3) is 0 Å². The zero-order valence-corrected chi connectivity index (χ0v) is 13.5. The summed E-state index contributed by atoms with van der Waals surface area (Å²) < 4.78 is 0. The van der Waals surface area contributed by atoms with Crippen molar-refractivity contribution < 1.29 is 4.79 Å². The fraction of sp³-hybridized carbons (Fsp3) is 0.0952. The summed E-state index contributed by atoms with van der Waals surface area (Å²) in [5, 5.41) is 8.51. The first-order chi connectivity index (χ1) is 11.8. The minimum atomic E-state index is -0.0185. The van der Waals surface area contributed by atoms with Crippen LogP contribution in [0, 0.1) is 0 Å². The Hall–Kier alpha value is -3.07. The Balaban J connectivity index is 1.97. The quantitative estimate of drug-likeness (QED) is 0.427. The summed E-state index contributed by atoms with van der Waals surface area (Å²) in [6.07, 6.45) is 0.815. The number of hydrogen-bond acceptors (Lipinski definition) is 3. The lowest BCUT2D eigenvalue weighted by Crippen LogP contribution is -2.05. The van der Waals surface area contributed by atoms with Gasteiger partial charge in [0.05, 0.1) is 16.9 Å². The molecule has 0 aliphatic heterocycles. The maximum Gasteiger partial charge on any atom is 0.195 e. The number of carbonyl (C=O) groups excluding carboxylic acids is 1. The van der Waals surface area contributed by atoms with E-state index in [1.807, 2.05) is 79.7 Å². The molecule has 0 N–H and O–H groups in total. The number of nitrogens with zero attached hydrogens (tertiary/aromatic N) is 2. The van der Waals surface area contributed by atoms with Gasteiger partial charge in [-0.05, 0) is 36.2 Å². The lowest BCUT2D eigenvalue weighted by Gasteiger charge is -2.08. The lowest BCUT2D eigenvalue weighted by molar-refractivity contribution is 0.103. The van der Waals surface area contributed by atoms with Crippen LogP contribution >= 0.6 is 0 Å². The van der Waals surface area contributed by atoms with Crippen molar-refractivity contribution in [2.45, 2.75) is 13.3 Å². The van der Waals surface area contributed by atoms with Crippen molar-refractivity contribution in [1.82, 2.24) is 0 Å². The number of carbonyl (C=O) groups is 1. The van der Waals surface area contributed by atoms with Crippen LogP contribution in [0.15, 0.2) is 89.1 Å². The first-order valence-corrected chi connectivity index (χ1v) is 7.98. The van der Waals surface area contributed by atoms with E-state index in [0.29, 0.717) is 11.3 Å². The molecule has 0 amide bonds. The van der Waals surface area contributed by atoms with Gasteiger partial charge in [-0.15, -0.1) is 5.11 Å². The summed E-state index contributed by atoms with van der Waals surface area (Å²) in [7, 11) is 0. The van der Waals surface area contributed by atoms with Crippen LogP contribution in [0.1, 0.15) is 28.4 Å². The summed E-state index contributed by atoms with van der Waals surface area (Å²) in [6, 6.07) is 24.5. The molecule has 0 spiro atoms. The van der Waals surface area contributed by atoms with E-state index in [9.17, 15) is 4.79 Å². The standard InChI is InChI=1S/C21H18N2O/c1-2-16-10-6-7-13-18(16)21(24)19-14-8-9-15-20(19)23-22-17-11-4-3-5-12-17/h3-15H,2H2,1H3. The third-order valence-electron chi connectivity index (χ3n) is 3.82. The van der Waals surface area contributed by atoms with E-state index in [4.69, 9.17) is 0 Å². The molecule has 0 aliphatic rings. The molecule has 0 radical (unpaired) electrons. The normalized spacial score (nSPS) is 10.9. The first-order valence-electron chi connectivity index (χ1n) is 7.98. The maximum absolute atomic E-state index is 13.0. The molecule has 0 unspecified atom stereocenters. The van der Waals surface area contributed by atoms with E-state index >= 15 is 0 Å². The lowest BCUT2D eigenvalue weighted by atomic mass is 9.96. The summed E-state index contributed by atoms with van der Waals surface area (Å²) in [5.74, 6) is -0.0185. The highest BCUT2D eigenvalue weighted by molar-refractivity contribution is 6.12. The molecular weight excluding hydrogens is 296 g/mol. The van der Waals surface area contributed by atoms with Gasteiger partial charge in [-0.1, -0.05) is 61.5 Å². The molecule has 24 heavy (non-hydrogen) atoms. The van der Waals surface area contributed by atoms with Crippen LogP contribution in [-0.2, 0) is 6.42 Å². The number of aryl methyl sites for hydroxylation is 1. The van der Waals surface area contributed by atoms with Crippen LogP contribution in [0.2, 0.25) is 0 Å². The van der Waals surface area contributed by atoms with Crippen molar-refractivity contribution in [3.63, 3.8) is 0 Å². The maximum atomic E-state index is 13.0. The number of rotatable bonds is 5. The molecule has 0 saturated carbocycles. The highest BCUT2D eigenvalue weighted by Crippen LogP contribution is 2.25. The Labute approximate surface area is 141 Å². The van der Waals surface area contributed by atoms with E-state index in [1.165, 1.54) is 0 Å². The van der Waals surface area contributed by atoms with Crippen LogP contribution < -0.4 is 0 Å². The summed E-state index contributed by atoms with van der Waals surface area (Å²) in [5.41, 5.74) is 3.67. The second kappa shape index (κ2) is 7.47. The average Bonchev–Trinajstić information content (AvgIpc) is 2.67. The molecule has 0 bridgehead atoms. The topological polar surface area (TPSA) is 41.8 Å². The van der Waals surface area contributed by atoms with Gasteiger partial charge in [0, 0.05) is 5.56 Å². The van der Waals surface area contributed by atoms with Gasteiger partial charge in [0.1, 0.15) is 0 Å². The number of hydrogen-bond donors (Lipinski definition) is 0. The fourth-order valence-electron chi connectivity index (χ4n) is 2.55. The minimum absolute atomic E-state index is 0.0185. The van der Waals surface area contributed by atoms with Gasteiger partial charge in [0.15, 0.2) is 5.78 Å². The minimum Gasteiger partial charge on any atom is -0.289 e. The second-order valence-electron chi connectivity index (χ2n) is 5.39. The van der Waals surface area contributed by atoms with Gasteiger partial charge < -0.3 is 0 Å². The van der Waals surface area contributed by atoms with E-state index in [1.54, 1.807) is 6.07 Å². The van der Waals surface area contributed by atoms with Gasteiger partial charge in [-0.3, -0.25) is 4.79 Å². The van der Waals surface area contributed by atoms with Crippen molar-refractivity contribution in [2.75, 3.05) is 0 Å². The Bertz CT molecular complexity index is 870. The summed E-state index contributed by atoms with van der Waals surface area (Å²) in [4.78, 5) is 13.0. The van der Waals surface area contributed by atoms with Gasteiger partial charge in [-0.2, -0.15) is 5.11 Å². The van der Waals surface area contributed by atoms with Crippen LogP contribution in [0.5, 0.6) is 0 Å². The molecule has 0 aromatic heterocycles. The highest BCUT2D eigenvalue weighted by atomic mass is 16.1. The van der Waals surface area contributed by atoms with Crippen molar-refractivity contribution in [3.05, 3.63) is 95.6 Å². The molecule has 0 saturated heterocycles. The first kappa shape index (κ1) is 15.8. The predicted octanol–water partition coefficient (Wildman–Crippen LogP) is 5.90. The smallest absolute Gasteiger partial charge is 0.195 e. The third-order valence-corrected chi connectivity index (χ3v) is 3.82. The highest BCUT2D eigenvalue weighted by Gasteiger charge is 2.15. The molecule has 3 heteroatoms. The number of ketones is 1. The zero-order valence-electron chi connectivity index (χ0n) is 13.5. The Kier molecular flexibility index (Phi) is 4.92. The molecule has 0 atom stereocenters.